The lowest BCUT2D eigenvalue weighted by Crippen LogP contribution is -2.51. The highest BCUT2D eigenvalue weighted by molar-refractivity contribution is 5.80. The summed E-state index contributed by atoms with van der Waals surface area (Å²) in [5.74, 6) is 0.637. The summed E-state index contributed by atoms with van der Waals surface area (Å²) in [5, 5.41) is 3.14. The minimum absolute atomic E-state index is 0.272. The lowest BCUT2D eigenvalue weighted by molar-refractivity contribution is -0.136. The summed E-state index contributed by atoms with van der Waals surface area (Å²) in [6, 6.07) is 0. The quantitative estimate of drug-likeness (QED) is 0.639. The van der Waals surface area contributed by atoms with E-state index in [1.54, 1.807) is 0 Å². The molecule has 2 fully saturated rings. The van der Waals surface area contributed by atoms with Crippen LogP contribution in [0, 0.1) is 11.3 Å². The second-order valence-corrected chi connectivity index (χ2v) is 5.03. The number of nitrogens with one attached hydrogen (secondary N) is 1. The molecule has 2 aliphatic heterocycles. The molecule has 0 aromatic rings. The molecule has 3 nitrogen and oxygen atoms in total. The molecule has 1 amide bonds. The van der Waals surface area contributed by atoms with Gasteiger partial charge in [-0.25, -0.2) is 0 Å². The summed E-state index contributed by atoms with van der Waals surface area (Å²) in [7, 11) is 0. The molecule has 3 heteroatoms. The summed E-state index contributed by atoms with van der Waals surface area (Å²) in [6.45, 7) is 8.15. The van der Waals surface area contributed by atoms with Crippen molar-refractivity contribution in [2.24, 2.45) is 11.3 Å². The second-order valence-electron chi connectivity index (χ2n) is 5.03. The molecular formula is C10H18N2O. The van der Waals surface area contributed by atoms with Gasteiger partial charge in [0.2, 0.25) is 5.91 Å². The summed E-state index contributed by atoms with van der Waals surface area (Å²) >= 11 is 0. The van der Waals surface area contributed by atoms with Crippen molar-refractivity contribution in [3.63, 3.8) is 0 Å². The van der Waals surface area contributed by atoms with Gasteiger partial charge in [0.1, 0.15) is 0 Å². The monoisotopic (exact) mass is 182 g/mol. The Morgan fingerprint density at radius 1 is 1.46 bits per heavy atom. The van der Waals surface area contributed by atoms with Gasteiger partial charge < -0.3 is 10.2 Å². The van der Waals surface area contributed by atoms with Crippen LogP contribution in [0.15, 0.2) is 0 Å². The van der Waals surface area contributed by atoms with E-state index in [1.807, 2.05) is 4.90 Å². The molecule has 0 bridgehead atoms. The van der Waals surface area contributed by atoms with Crippen molar-refractivity contribution in [3.05, 3.63) is 0 Å². The van der Waals surface area contributed by atoms with E-state index in [1.165, 1.54) is 0 Å². The largest absolute Gasteiger partial charge is 0.342 e. The summed E-state index contributed by atoms with van der Waals surface area (Å²) in [5.41, 5.74) is 0.340. The Balaban J connectivity index is 1.91. The van der Waals surface area contributed by atoms with Gasteiger partial charge in [-0.2, -0.15) is 0 Å². The average Bonchev–Trinajstić information content (AvgIpc) is 2.26. The predicted molar refractivity (Wildman–Crippen MR) is 51.3 cm³/mol. The third kappa shape index (κ3) is 1.70. The fourth-order valence-electron chi connectivity index (χ4n) is 2.02. The highest BCUT2D eigenvalue weighted by Gasteiger charge is 2.36. The molecule has 0 aromatic heterocycles. The number of carbonyl (C=O) groups is 1. The normalized spacial score (nSPS) is 27.4. The van der Waals surface area contributed by atoms with E-state index in [9.17, 15) is 4.79 Å². The van der Waals surface area contributed by atoms with Gasteiger partial charge in [-0.3, -0.25) is 4.79 Å². The lowest BCUT2D eigenvalue weighted by Gasteiger charge is -2.30. The van der Waals surface area contributed by atoms with Gasteiger partial charge in [0, 0.05) is 26.2 Å². The molecule has 2 saturated heterocycles. The number of rotatable bonds is 1. The van der Waals surface area contributed by atoms with Crippen LogP contribution in [0.5, 0.6) is 0 Å². The van der Waals surface area contributed by atoms with Crippen molar-refractivity contribution in [2.75, 3.05) is 26.2 Å². The van der Waals surface area contributed by atoms with E-state index in [0.717, 1.165) is 32.6 Å². The van der Waals surface area contributed by atoms with Crippen LogP contribution in [0.4, 0.5) is 0 Å². The Bertz CT molecular complexity index is 221. The maximum atomic E-state index is 11.8. The standard InChI is InChI=1S/C10H18N2O/c1-10(2)3-4-12(7-10)9(13)8-5-11-6-8/h8,11H,3-7H2,1-2H3. The van der Waals surface area contributed by atoms with Crippen LogP contribution in [-0.2, 0) is 4.79 Å². The molecule has 0 aromatic carbocycles. The van der Waals surface area contributed by atoms with Crippen molar-refractivity contribution in [2.45, 2.75) is 20.3 Å². The number of nitrogens with zero attached hydrogens (tertiary/aromatic N) is 1. The summed E-state index contributed by atoms with van der Waals surface area (Å²) in [6.07, 6.45) is 1.15. The van der Waals surface area contributed by atoms with Crippen LogP contribution in [0.2, 0.25) is 0 Å². The van der Waals surface area contributed by atoms with Crippen molar-refractivity contribution in [3.8, 4) is 0 Å². The van der Waals surface area contributed by atoms with Crippen LogP contribution in [0.3, 0.4) is 0 Å². The van der Waals surface area contributed by atoms with E-state index < -0.39 is 0 Å². The van der Waals surface area contributed by atoms with E-state index in [4.69, 9.17) is 0 Å². The number of hydrogen-bond acceptors (Lipinski definition) is 2. The highest BCUT2D eigenvalue weighted by atomic mass is 16.2. The average molecular weight is 182 g/mol. The molecule has 74 valence electrons. The van der Waals surface area contributed by atoms with Gasteiger partial charge >= 0.3 is 0 Å². The molecule has 0 saturated carbocycles. The zero-order valence-corrected chi connectivity index (χ0v) is 8.47. The van der Waals surface area contributed by atoms with Crippen molar-refractivity contribution < 1.29 is 4.79 Å². The molecule has 1 N–H and O–H groups in total. The first kappa shape index (κ1) is 9.00. The van der Waals surface area contributed by atoms with E-state index in [0.29, 0.717) is 11.3 Å². The molecule has 2 aliphatic rings. The van der Waals surface area contributed by atoms with Gasteiger partial charge in [-0.1, -0.05) is 13.8 Å². The van der Waals surface area contributed by atoms with E-state index in [-0.39, 0.29) is 5.92 Å². The number of amides is 1. The van der Waals surface area contributed by atoms with Crippen LogP contribution in [0.25, 0.3) is 0 Å². The Hall–Kier alpha value is -0.570. The zero-order valence-electron chi connectivity index (χ0n) is 8.47. The first-order valence-corrected chi connectivity index (χ1v) is 5.08. The van der Waals surface area contributed by atoms with E-state index in [2.05, 4.69) is 19.2 Å². The van der Waals surface area contributed by atoms with Gasteiger partial charge in [0.25, 0.3) is 0 Å². The first-order chi connectivity index (χ1) is 6.08. The number of likely N-dealkylation sites (tertiary alicyclic amines) is 1. The summed E-state index contributed by atoms with van der Waals surface area (Å²) < 4.78 is 0. The molecule has 0 radical (unpaired) electrons. The fourth-order valence-corrected chi connectivity index (χ4v) is 2.02. The fraction of sp³-hybridized carbons (Fsp3) is 0.900. The molecule has 0 spiro atoms. The van der Waals surface area contributed by atoms with Crippen LogP contribution in [0.1, 0.15) is 20.3 Å². The van der Waals surface area contributed by atoms with Gasteiger partial charge in [0.05, 0.1) is 5.92 Å². The Morgan fingerprint density at radius 3 is 2.54 bits per heavy atom. The van der Waals surface area contributed by atoms with E-state index >= 15 is 0 Å². The maximum absolute atomic E-state index is 11.8. The smallest absolute Gasteiger partial charge is 0.228 e. The second kappa shape index (κ2) is 2.98. The zero-order chi connectivity index (χ0) is 9.47. The minimum atomic E-state index is 0.272. The van der Waals surface area contributed by atoms with Crippen LogP contribution in [-0.4, -0.2) is 37.0 Å². The molecule has 2 heterocycles. The SMILES string of the molecule is CC1(C)CCN(C(=O)C2CNC2)C1. The molecular weight excluding hydrogens is 164 g/mol. The van der Waals surface area contributed by atoms with Crippen molar-refractivity contribution >= 4 is 5.91 Å². The number of carbonyl (C=O) groups excluding carboxylic acids is 1. The third-order valence-corrected chi connectivity index (χ3v) is 3.12. The minimum Gasteiger partial charge on any atom is -0.342 e. The van der Waals surface area contributed by atoms with Crippen molar-refractivity contribution in [1.29, 1.82) is 0 Å². The molecule has 0 aliphatic carbocycles. The first-order valence-electron chi connectivity index (χ1n) is 5.08. The van der Waals surface area contributed by atoms with Gasteiger partial charge in [-0.15, -0.1) is 0 Å². The highest BCUT2D eigenvalue weighted by Crippen LogP contribution is 2.29. The Kier molecular flexibility index (Phi) is 2.06. The molecule has 0 unspecified atom stereocenters. The predicted octanol–water partition coefficient (Wildman–Crippen LogP) is 0.464. The van der Waals surface area contributed by atoms with Crippen LogP contribution >= 0.6 is 0 Å². The molecule has 2 rings (SSSR count). The maximum Gasteiger partial charge on any atom is 0.228 e. The number of hydrogen-bond donors (Lipinski definition) is 1. The van der Waals surface area contributed by atoms with Crippen LogP contribution < -0.4 is 5.32 Å². The van der Waals surface area contributed by atoms with Gasteiger partial charge in [0.15, 0.2) is 0 Å². The lowest BCUT2D eigenvalue weighted by atomic mass is 9.93. The summed E-state index contributed by atoms with van der Waals surface area (Å²) in [4.78, 5) is 13.8. The Labute approximate surface area is 79.5 Å². The van der Waals surface area contributed by atoms with Gasteiger partial charge in [-0.05, 0) is 11.8 Å². The van der Waals surface area contributed by atoms with Crippen molar-refractivity contribution in [1.82, 2.24) is 10.2 Å². The molecule has 13 heavy (non-hydrogen) atoms. The Morgan fingerprint density at radius 2 is 2.15 bits per heavy atom. The molecule has 0 atom stereocenters. The topological polar surface area (TPSA) is 32.3 Å². The third-order valence-electron chi connectivity index (χ3n) is 3.12.